The van der Waals surface area contributed by atoms with E-state index in [9.17, 15) is 24.6 Å². The van der Waals surface area contributed by atoms with E-state index in [1.165, 1.54) is 4.90 Å². The number of β-amino-alcohol motifs (C(OH)–C–C–N with tert-alkyl or cyclic N) is 1. The molecule has 1 fully saturated rings. The van der Waals surface area contributed by atoms with E-state index in [-0.39, 0.29) is 48.7 Å². The number of para-hydroxylation sites is 1. The van der Waals surface area contributed by atoms with Gasteiger partial charge < -0.3 is 36.0 Å². The van der Waals surface area contributed by atoms with Crippen LogP contribution in [0.2, 0.25) is 0 Å². The third-order valence-corrected chi connectivity index (χ3v) is 12.6. The number of aryl methyl sites for hydroxylation is 3. The molecule has 6 aromatic rings. The lowest BCUT2D eigenvalue weighted by Crippen LogP contribution is -2.49. The second-order valence-electron chi connectivity index (χ2n) is 16.8. The van der Waals surface area contributed by atoms with Crippen molar-refractivity contribution in [3.8, 4) is 38.6 Å². The Bertz CT molecular complexity index is 2530. The summed E-state index contributed by atoms with van der Waals surface area (Å²) in [5, 5.41) is 43.9. The van der Waals surface area contributed by atoms with Crippen LogP contribution in [0.3, 0.4) is 0 Å². The van der Waals surface area contributed by atoms with Crippen LogP contribution in [0.5, 0.6) is 5.75 Å². The van der Waals surface area contributed by atoms with Crippen LogP contribution >= 0.6 is 11.3 Å². The van der Waals surface area contributed by atoms with Crippen molar-refractivity contribution >= 4 is 34.9 Å². The molecular formula is C47H56N10O6S. The number of thiazole rings is 1. The van der Waals surface area contributed by atoms with E-state index in [2.05, 4.69) is 36.1 Å². The van der Waals surface area contributed by atoms with E-state index >= 15 is 0 Å². The molecule has 2 aromatic carbocycles. The predicted molar refractivity (Wildman–Crippen MR) is 244 cm³/mol. The Morgan fingerprint density at radius 1 is 0.969 bits per heavy atom. The average molecular weight is 889 g/mol. The topological polar surface area (TPSA) is 228 Å². The van der Waals surface area contributed by atoms with E-state index < -0.39 is 30.0 Å². The van der Waals surface area contributed by atoms with Crippen molar-refractivity contribution in [2.45, 2.75) is 103 Å². The number of carbonyl (C=O) groups is 3. The van der Waals surface area contributed by atoms with Gasteiger partial charge in [-0.15, -0.1) is 21.5 Å². The molecule has 1 saturated heterocycles. The van der Waals surface area contributed by atoms with Crippen LogP contribution in [0.4, 0.5) is 5.82 Å². The number of aromatic nitrogens is 6. The number of carbonyl (C=O) groups excluding carboxylic acids is 3. The molecule has 16 nitrogen and oxygen atoms in total. The summed E-state index contributed by atoms with van der Waals surface area (Å²) in [7, 11) is 0. The van der Waals surface area contributed by atoms with E-state index in [0.717, 1.165) is 65.9 Å². The van der Waals surface area contributed by atoms with Gasteiger partial charge in [-0.2, -0.15) is 5.10 Å². The van der Waals surface area contributed by atoms with Crippen molar-refractivity contribution in [3.05, 3.63) is 101 Å². The minimum Gasteiger partial charge on any atom is -0.507 e. The summed E-state index contributed by atoms with van der Waals surface area (Å²) < 4.78 is 7.37. The van der Waals surface area contributed by atoms with E-state index in [1.807, 2.05) is 62.0 Å². The summed E-state index contributed by atoms with van der Waals surface area (Å²) in [5.41, 5.74) is 13.9. The molecule has 1 aliphatic heterocycles. The molecule has 3 amide bonds. The van der Waals surface area contributed by atoms with Gasteiger partial charge in [0.15, 0.2) is 5.82 Å². The number of likely N-dealkylation sites (tertiary alicyclic amines) is 1. The number of hydrogen-bond acceptors (Lipinski definition) is 13. The number of aliphatic hydroxyl groups is 1. The van der Waals surface area contributed by atoms with Gasteiger partial charge in [0.1, 0.15) is 23.5 Å². The van der Waals surface area contributed by atoms with Crippen molar-refractivity contribution in [3.63, 3.8) is 0 Å². The number of nitrogens with one attached hydrogen (secondary N) is 2. The van der Waals surface area contributed by atoms with E-state index in [0.29, 0.717) is 34.8 Å². The van der Waals surface area contributed by atoms with Gasteiger partial charge in [0.2, 0.25) is 17.7 Å². The number of hydrogen-bond donors (Lipinski definition) is 5. The van der Waals surface area contributed by atoms with Crippen LogP contribution in [-0.2, 0) is 20.9 Å². The molecule has 0 bridgehead atoms. The van der Waals surface area contributed by atoms with Gasteiger partial charge in [-0.05, 0) is 61.9 Å². The largest absolute Gasteiger partial charge is 0.507 e. The highest BCUT2D eigenvalue weighted by Crippen LogP contribution is 2.34. The average Bonchev–Trinajstić information content (AvgIpc) is 4.10. The Morgan fingerprint density at radius 2 is 1.73 bits per heavy atom. The number of rotatable bonds is 19. The predicted octanol–water partition coefficient (Wildman–Crippen LogP) is 6.74. The summed E-state index contributed by atoms with van der Waals surface area (Å²) in [4.78, 5) is 48.5. The maximum atomic E-state index is 14.1. The highest BCUT2D eigenvalue weighted by molar-refractivity contribution is 7.13. The highest BCUT2D eigenvalue weighted by atomic mass is 32.1. The first kappa shape index (κ1) is 45.6. The number of anilines is 1. The molecule has 5 heterocycles. The molecule has 17 heteroatoms. The van der Waals surface area contributed by atoms with Gasteiger partial charge in [-0.3, -0.25) is 19.1 Å². The highest BCUT2D eigenvalue weighted by Gasteiger charge is 2.43. The second-order valence-corrected chi connectivity index (χ2v) is 17.7. The lowest BCUT2D eigenvalue weighted by Gasteiger charge is -2.30. The van der Waals surface area contributed by atoms with Gasteiger partial charge >= 0.3 is 0 Å². The lowest BCUT2D eigenvalue weighted by molar-refractivity contribution is -0.141. The first-order valence-corrected chi connectivity index (χ1v) is 22.7. The molecule has 0 spiro atoms. The molecule has 0 radical (unpaired) electrons. The maximum Gasteiger partial charge on any atom is 0.243 e. The van der Waals surface area contributed by atoms with Crippen LogP contribution in [-0.4, -0.2) is 88.2 Å². The summed E-state index contributed by atoms with van der Waals surface area (Å²) in [6, 6.07) is 16.6. The molecular weight excluding hydrogens is 833 g/mol. The zero-order valence-electron chi connectivity index (χ0n) is 36.6. The van der Waals surface area contributed by atoms with Crippen LogP contribution in [0, 0.1) is 19.8 Å². The molecule has 336 valence electrons. The number of benzene rings is 2. The van der Waals surface area contributed by atoms with Gasteiger partial charge in [-0.1, -0.05) is 74.7 Å². The van der Waals surface area contributed by atoms with Gasteiger partial charge in [0, 0.05) is 55.0 Å². The molecule has 64 heavy (non-hydrogen) atoms. The van der Waals surface area contributed by atoms with Gasteiger partial charge in [0.05, 0.1) is 52.2 Å². The number of phenolic OH excluding ortho intramolecular Hbond substituents is 1. The minimum absolute atomic E-state index is 0.00883. The van der Waals surface area contributed by atoms with Crippen LogP contribution < -0.4 is 16.4 Å². The monoisotopic (exact) mass is 888 g/mol. The zero-order valence-corrected chi connectivity index (χ0v) is 37.4. The summed E-state index contributed by atoms with van der Waals surface area (Å²) in [6.07, 6.45) is 7.47. The van der Waals surface area contributed by atoms with Gasteiger partial charge in [-0.25, -0.2) is 4.98 Å². The summed E-state index contributed by atoms with van der Waals surface area (Å²) in [6.45, 7) is 8.77. The summed E-state index contributed by atoms with van der Waals surface area (Å²) in [5.74, 6) is -0.990. The van der Waals surface area contributed by atoms with E-state index in [1.54, 1.807) is 60.3 Å². The molecule has 6 N–H and O–H groups in total. The number of aromatic hydroxyl groups is 1. The fourth-order valence-corrected chi connectivity index (χ4v) is 9.02. The smallest absolute Gasteiger partial charge is 0.243 e. The fraction of sp³-hybridized carbons (Fsp3) is 0.404. The summed E-state index contributed by atoms with van der Waals surface area (Å²) >= 11 is 1.54. The number of nitrogen functional groups attached to an aromatic ring is 1. The fourth-order valence-electron chi connectivity index (χ4n) is 8.21. The van der Waals surface area contributed by atoms with Crippen LogP contribution in [0.15, 0.2) is 83.1 Å². The molecule has 1 aliphatic rings. The Labute approximate surface area is 376 Å². The number of phenols is 1. The number of amides is 3. The Balaban J connectivity index is 0.912. The lowest BCUT2D eigenvalue weighted by atomic mass is 9.91. The maximum absolute atomic E-state index is 14.1. The molecule has 0 saturated carbocycles. The molecule has 4 atom stereocenters. The van der Waals surface area contributed by atoms with Gasteiger partial charge in [0.25, 0.3) is 0 Å². The first-order chi connectivity index (χ1) is 30.9. The first-order valence-electron chi connectivity index (χ1n) is 21.8. The Kier molecular flexibility index (Phi) is 14.8. The van der Waals surface area contributed by atoms with Crippen molar-refractivity contribution in [2.75, 3.05) is 18.8 Å². The zero-order chi connectivity index (χ0) is 45.3. The van der Waals surface area contributed by atoms with Crippen LogP contribution in [0.25, 0.3) is 32.8 Å². The second kappa shape index (κ2) is 20.8. The SMILES string of the molecule is Cc1cc([C@H](C(=O)N2C[C@H](O)C[C@H]2C(=O)N[C@@H](CC(=O)NCCCCCCCn2cc(-c3cc(-c4ccccc4O)nnc3N)cn2)c2ccc(-c3scnc3C)cc2)C(C)C)on1. The molecule has 7 rings (SSSR count). The normalized spacial score (nSPS) is 15.9. The van der Waals surface area contributed by atoms with Crippen molar-refractivity contribution in [2.24, 2.45) is 5.92 Å². The molecule has 0 unspecified atom stereocenters. The minimum atomic E-state index is -0.936. The third-order valence-electron chi connectivity index (χ3n) is 11.6. The number of nitrogens with two attached hydrogens (primary N) is 1. The number of nitrogens with zero attached hydrogens (tertiary/aromatic N) is 7. The van der Waals surface area contributed by atoms with Crippen molar-refractivity contribution in [1.82, 2.24) is 45.7 Å². The number of aliphatic hydroxyl groups excluding tert-OH is 1. The number of unbranched alkanes of at least 4 members (excludes halogenated alkanes) is 4. The van der Waals surface area contributed by atoms with Crippen molar-refractivity contribution < 1.29 is 29.1 Å². The standard InChI is InChI=1S/C47H56N10O6S/c1-28(2)43(41-20-29(3)55-63-41)47(62)57-26-34(58)21-39(57)46(61)52-37(31-14-16-32(17-15-31)44-30(4)50-27-64-44)23-42(60)49-18-10-6-5-7-11-19-56-25-33(24-51-56)36-22-38(53-54-45(36)48)35-12-8-9-13-40(35)59/h8-9,12-17,20,22,24-25,27-28,34,37,39,43,58-59H,5-7,10-11,18-19,21,23,26H2,1-4H3,(H2,48,54)(H,49,60)(H,52,61)/t34-,37+,39+,43-/m1/s1. The Hall–Kier alpha value is -6.46. The quantitative estimate of drug-likeness (QED) is 0.0533. The Morgan fingerprint density at radius 3 is 2.45 bits per heavy atom. The third kappa shape index (κ3) is 11.0. The van der Waals surface area contributed by atoms with Crippen molar-refractivity contribution in [1.29, 1.82) is 0 Å². The van der Waals surface area contributed by atoms with Crippen LogP contribution in [0.1, 0.15) is 93.5 Å². The molecule has 0 aliphatic carbocycles. The van der Waals surface area contributed by atoms with E-state index in [4.69, 9.17) is 10.3 Å². The molecule has 4 aromatic heterocycles.